The first-order chi connectivity index (χ1) is 12.7. The molecule has 0 radical (unpaired) electrons. The van der Waals surface area contributed by atoms with Crippen LogP contribution in [0, 0.1) is 0 Å². The van der Waals surface area contributed by atoms with Gasteiger partial charge < -0.3 is 14.7 Å². The topological polar surface area (TPSA) is 53.0 Å². The Morgan fingerprint density at radius 3 is 2.59 bits per heavy atom. The van der Waals surface area contributed by atoms with Crippen LogP contribution in [-0.4, -0.2) is 42.2 Å². The van der Waals surface area contributed by atoms with Gasteiger partial charge in [0.25, 0.3) is 0 Å². The number of fused-ring (bicyclic) bond motifs is 5. The summed E-state index contributed by atoms with van der Waals surface area (Å²) in [6.07, 6.45) is 1.92. The van der Waals surface area contributed by atoms with Crippen molar-refractivity contribution in [3.8, 4) is 11.5 Å². The number of hydrogen-bond acceptors (Lipinski definition) is 4. The molecule has 144 valence electrons. The van der Waals surface area contributed by atoms with Gasteiger partial charge >= 0.3 is 5.97 Å². The Morgan fingerprint density at radius 1 is 1.04 bits per heavy atom. The average Bonchev–Trinajstić information content (AvgIpc) is 2.79. The third kappa shape index (κ3) is 4.20. The van der Waals surface area contributed by atoms with E-state index in [1.165, 1.54) is 5.56 Å². The summed E-state index contributed by atoms with van der Waals surface area (Å²) >= 11 is 0. The summed E-state index contributed by atoms with van der Waals surface area (Å²) < 4.78 is 6.23. The fraction of sp³-hybridized carbons (Fsp3) is 0.381. The number of nitrogens with zero attached hydrogens (tertiary/aromatic N) is 2. The summed E-state index contributed by atoms with van der Waals surface area (Å²) in [7, 11) is 0. The molecule has 2 aromatic carbocycles. The number of carboxylic acid groups (broad SMARTS) is 1. The zero-order chi connectivity index (χ0) is 17.9. The van der Waals surface area contributed by atoms with Crippen LogP contribution in [0.2, 0.25) is 0 Å². The number of carboxylic acids is 1. The maximum absolute atomic E-state index is 10.7. The molecule has 1 unspecified atom stereocenters. The fourth-order valence-corrected chi connectivity index (χ4v) is 3.96. The molecule has 4 rings (SSSR count). The molecule has 0 aromatic heterocycles. The summed E-state index contributed by atoms with van der Waals surface area (Å²) in [5.74, 6) is 1.14. The minimum absolute atomic E-state index is 0. The summed E-state index contributed by atoms with van der Waals surface area (Å²) in [5, 5.41) is 8.80. The van der Waals surface area contributed by atoms with Crippen LogP contribution >= 0.6 is 12.4 Å². The molecule has 2 heterocycles. The van der Waals surface area contributed by atoms with Crippen molar-refractivity contribution >= 4 is 24.1 Å². The van der Waals surface area contributed by atoms with Crippen LogP contribution in [-0.2, 0) is 4.79 Å². The number of piperazine rings is 1. The normalized spacial score (nSPS) is 18.2. The Kier molecular flexibility index (Phi) is 6.24. The number of para-hydroxylation sites is 3. The molecule has 1 N–H and O–H groups in total. The highest BCUT2D eigenvalue weighted by Gasteiger charge is 2.33. The van der Waals surface area contributed by atoms with E-state index < -0.39 is 5.97 Å². The van der Waals surface area contributed by atoms with Gasteiger partial charge in [-0.3, -0.25) is 9.69 Å². The van der Waals surface area contributed by atoms with Crippen LogP contribution in [0.5, 0.6) is 11.5 Å². The summed E-state index contributed by atoms with van der Waals surface area (Å²) in [6.45, 7) is 3.81. The highest BCUT2D eigenvalue weighted by Crippen LogP contribution is 2.45. The number of carbonyl (C=O) groups is 1. The van der Waals surface area contributed by atoms with Crippen LogP contribution in [0.25, 0.3) is 0 Å². The highest BCUT2D eigenvalue weighted by atomic mass is 35.5. The maximum Gasteiger partial charge on any atom is 0.303 e. The van der Waals surface area contributed by atoms with Crippen LogP contribution < -0.4 is 9.64 Å². The van der Waals surface area contributed by atoms with Crippen molar-refractivity contribution in [3.63, 3.8) is 0 Å². The third-order valence-electron chi connectivity index (χ3n) is 5.25. The van der Waals surface area contributed by atoms with Crippen molar-refractivity contribution in [2.45, 2.75) is 25.3 Å². The number of ether oxygens (including phenoxy) is 1. The minimum Gasteiger partial charge on any atom is -0.481 e. The summed E-state index contributed by atoms with van der Waals surface area (Å²) in [6, 6.07) is 16.8. The van der Waals surface area contributed by atoms with Gasteiger partial charge in [-0.1, -0.05) is 30.3 Å². The van der Waals surface area contributed by atoms with E-state index in [-0.39, 0.29) is 24.9 Å². The summed E-state index contributed by atoms with van der Waals surface area (Å²) in [4.78, 5) is 15.6. The van der Waals surface area contributed by atoms with E-state index in [0.29, 0.717) is 0 Å². The van der Waals surface area contributed by atoms with Crippen LogP contribution in [0.3, 0.4) is 0 Å². The van der Waals surface area contributed by atoms with Gasteiger partial charge in [-0.25, -0.2) is 0 Å². The van der Waals surface area contributed by atoms with Gasteiger partial charge in [0, 0.05) is 31.6 Å². The quantitative estimate of drug-likeness (QED) is 0.772. The Bertz CT molecular complexity index is 799. The van der Waals surface area contributed by atoms with Crippen molar-refractivity contribution in [1.82, 2.24) is 4.90 Å². The van der Waals surface area contributed by atoms with Gasteiger partial charge in [-0.05, 0) is 37.6 Å². The van der Waals surface area contributed by atoms with E-state index in [1.807, 2.05) is 24.3 Å². The Labute approximate surface area is 166 Å². The second-order valence-corrected chi connectivity index (χ2v) is 6.97. The molecule has 2 aliphatic heterocycles. The SMILES string of the molecule is Cl.O=C(O)CCCCN1CCN2c3ccccc3Oc3ccccc3C2C1. The first kappa shape index (κ1) is 19.5. The van der Waals surface area contributed by atoms with Gasteiger partial charge in [0.05, 0.1) is 11.7 Å². The molecule has 0 amide bonds. The zero-order valence-electron chi connectivity index (χ0n) is 15.2. The van der Waals surface area contributed by atoms with Crippen LogP contribution in [0.1, 0.15) is 30.9 Å². The predicted octanol–water partition coefficient (Wildman–Crippen LogP) is 4.33. The molecule has 2 aromatic rings. The molecule has 5 nitrogen and oxygen atoms in total. The number of anilines is 1. The van der Waals surface area contributed by atoms with Gasteiger partial charge in [-0.2, -0.15) is 0 Å². The lowest BCUT2D eigenvalue weighted by Crippen LogP contribution is -2.48. The molecule has 6 heteroatoms. The molecule has 1 atom stereocenters. The van der Waals surface area contributed by atoms with Gasteiger partial charge in [-0.15, -0.1) is 12.4 Å². The number of hydrogen-bond donors (Lipinski definition) is 1. The van der Waals surface area contributed by atoms with E-state index in [2.05, 4.69) is 34.1 Å². The second-order valence-electron chi connectivity index (χ2n) is 6.97. The van der Waals surface area contributed by atoms with Crippen molar-refractivity contribution in [3.05, 3.63) is 54.1 Å². The number of benzene rings is 2. The molecule has 27 heavy (non-hydrogen) atoms. The van der Waals surface area contributed by atoms with E-state index in [4.69, 9.17) is 9.84 Å². The average molecular weight is 389 g/mol. The lowest BCUT2D eigenvalue weighted by Gasteiger charge is -2.42. The Hall–Kier alpha value is -2.24. The monoisotopic (exact) mass is 388 g/mol. The molecule has 1 fully saturated rings. The van der Waals surface area contributed by atoms with E-state index in [0.717, 1.165) is 56.2 Å². The van der Waals surface area contributed by atoms with Crippen molar-refractivity contribution in [2.75, 3.05) is 31.1 Å². The number of aliphatic carboxylic acids is 1. The van der Waals surface area contributed by atoms with E-state index in [1.54, 1.807) is 0 Å². The molecule has 0 saturated carbocycles. The first-order valence-corrected chi connectivity index (χ1v) is 9.29. The molecule has 0 aliphatic carbocycles. The summed E-state index contributed by atoms with van der Waals surface area (Å²) in [5.41, 5.74) is 2.37. The first-order valence-electron chi connectivity index (χ1n) is 9.29. The standard InChI is InChI=1S/C21H24N2O3.ClH/c24-21(25)11-5-6-12-22-13-14-23-17-8-2-4-10-20(17)26-19-9-3-1-7-16(19)18(23)15-22;/h1-4,7-10,18H,5-6,11-15H2,(H,24,25);1H. The van der Waals surface area contributed by atoms with Gasteiger partial charge in [0.2, 0.25) is 0 Å². The van der Waals surface area contributed by atoms with Crippen LogP contribution in [0.4, 0.5) is 5.69 Å². The molecule has 0 bridgehead atoms. The lowest BCUT2D eigenvalue weighted by molar-refractivity contribution is -0.137. The van der Waals surface area contributed by atoms with Crippen molar-refractivity contribution < 1.29 is 14.6 Å². The molecule has 0 spiro atoms. The number of halogens is 1. The second kappa shape index (κ2) is 8.63. The number of unbranched alkanes of at least 4 members (excludes halogenated alkanes) is 1. The van der Waals surface area contributed by atoms with E-state index >= 15 is 0 Å². The lowest BCUT2D eigenvalue weighted by atomic mass is 10.0. The number of rotatable bonds is 5. The molecular formula is C21H25ClN2O3. The molecule has 1 saturated heterocycles. The maximum atomic E-state index is 10.7. The fourth-order valence-electron chi connectivity index (χ4n) is 3.96. The van der Waals surface area contributed by atoms with Crippen molar-refractivity contribution in [1.29, 1.82) is 0 Å². The molecular weight excluding hydrogens is 364 g/mol. The zero-order valence-corrected chi connectivity index (χ0v) is 16.0. The van der Waals surface area contributed by atoms with Crippen LogP contribution in [0.15, 0.2) is 48.5 Å². The minimum atomic E-state index is -0.707. The predicted molar refractivity (Wildman–Crippen MR) is 108 cm³/mol. The highest BCUT2D eigenvalue weighted by molar-refractivity contribution is 5.85. The smallest absolute Gasteiger partial charge is 0.303 e. The van der Waals surface area contributed by atoms with Gasteiger partial charge in [0.1, 0.15) is 5.75 Å². The third-order valence-corrected chi connectivity index (χ3v) is 5.25. The molecule has 2 aliphatic rings. The largest absolute Gasteiger partial charge is 0.481 e. The van der Waals surface area contributed by atoms with Gasteiger partial charge in [0.15, 0.2) is 5.75 Å². The Morgan fingerprint density at radius 2 is 1.78 bits per heavy atom. The Balaban J connectivity index is 0.00000210. The van der Waals surface area contributed by atoms with E-state index in [9.17, 15) is 4.79 Å². The van der Waals surface area contributed by atoms with Crippen molar-refractivity contribution in [2.24, 2.45) is 0 Å².